The first-order valence-corrected chi connectivity index (χ1v) is 7.19. The Morgan fingerprint density at radius 2 is 2.19 bits per heavy atom. The molecular formula is C15H16ClN3O2. The Hall–Kier alpha value is -1.85. The second kappa shape index (κ2) is 5.87. The molecule has 1 amide bonds. The summed E-state index contributed by atoms with van der Waals surface area (Å²) in [6, 6.07) is 6.74. The molecule has 1 N–H and O–H groups in total. The lowest BCUT2D eigenvalue weighted by atomic mass is 10.1. The largest absolute Gasteiger partial charge is 0.377 e. The fourth-order valence-corrected chi connectivity index (χ4v) is 2.56. The fraction of sp³-hybridized carbons (Fsp3) is 0.333. The molecule has 6 heteroatoms. The number of aromatic nitrogens is 2. The Balaban J connectivity index is 1.87. The van der Waals surface area contributed by atoms with Gasteiger partial charge in [-0.1, -0.05) is 11.6 Å². The average Bonchev–Trinajstić information content (AvgIpc) is 2.94. The Kier molecular flexibility index (Phi) is 3.94. The SMILES string of the molecule is Cc1cnc([C@@H]2COCCN2C(=O)c2ccc(Cl)cc2)[nH]1. The number of aromatic amines is 1. The third-order valence-corrected chi connectivity index (χ3v) is 3.77. The molecular weight excluding hydrogens is 290 g/mol. The predicted molar refractivity (Wildman–Crippen MR) is 79.4 cm³/mol. The van der Waals surface area contributed by atoms with Crippen LogP contribution in [-0.4, -0.2) is 40.5 Å². The number of halogens is 1. The lowest BCUT2D eigenvalue weighted by Gasteiger charge is -2.34. The molecule has 2 aromatic rings. The van der Waals surface area contributed by atoms with Gasteiger partial charge >= 0.3 is 0 Å². The van der Waals surface area contributed by atoms with Crippen LogP contribution in [0.5, 0.6) is 0 Å². The number of rotatable bonds is 2. The van der Waals surface area contributed by atoms with Crippen molar-refractivity contribution in [2.24, 2.45) is 0 Å². The molecule has 5 nitrogen and oxygen atoms in total. The van der Waals surface area contributed by atoms with Crippen LogP contribution in [0.25, 0.3) is 0 Å². The van der Waals surface area contributed by atoms with Crippen molar-refractivity contribution in [2.75, 3.05) is 19.8 Å². The van der Waals surface area contributed by atoms with E-state index in [0.717, 1.165) is 11.5 Å². The van der Waals surface area contributed by atoms with Crippen LogP contribution in [0, 0.1) is 6.92 Å². The number of nitrogens with zero attached hydrogens (tertiary/aromatic N) is 2. The van der Waals surface area contributed by atoms with Crippen LogP contribution < -0.4 is 0 Å². The van der Waals surface area contributed by atoms with Gasteiger partial charge in [0.15, 0.2) is 0 Å². The Morgan fingerprint density at radius 1 is 1.43 bits per heavy atom. The summed E-state index contributed by atoms with van der Waals surface area (Å²) in [5, 5.41) is 0.617. The fourth-order valence-electron chi connectivity index (χ4n) is 2.43. The Morgan fingerprint density at radius 3 is 2.86 bits per heavy atom. The molecule has 21 heavy (non-hydrogen) atoms. The van der Waals surface area contributed by atoms with Crippen molar-refractivity contribution in [1.29, 1.82) is 0 Å². The molecule has 2 heterocycles. The molecule has 1 aromatic heterocycles. The molecule has 1 saturated heterocycles. The molecule has 0 saturated carbocycles. The highest BCUT2D eigenvalue weighted by molar-refractivity contribution is 6.30. The number of imidazole rings is 1. The number of benzene rings is 1. The number of ether oxygens (including phenoxy) is 1. The van der Waals surface area contributed by atoms with Gasteiger partial charge in [-0.15, -0.1) is 0 Å². The van der Waals surface area contributed by atoms with E-state index in [1.807, 2.05) is 6.92 Å². The summed E-state index contributed by atoms with van der Waals surface area (Å²) >= 11 is 5.87. The summed E-state index contributed by atoms with van der Waals surface area (Å²) < 4.78 is 5.51. The first kappa shape index (κ1) is 14.1. The van der Waals surface area contributed by atoms with E-state index in [0.29, 0.717) is 30.3 Å². The van der Waals surface area contributed by atoms with Gasteiger partial charge in [0.1, 0.15) is 11.9 Å². The Bertz CT molecular complexity index is 639. The van der Waals surface area contributed by atoms with Crippen LogP contribution in [0.4, 0.5) is 0 Å². The molecule has 1 atom stereocenters. The monoisotopic (exact) mass is 305 g/mol. The number of carbonyl (C=O) groups excluding carboxylic acids is 1. The van der Waals surface area contributed by atoms with E-state index in [4.69, 9.17) is 16.3 Å². The normalized spacial score (nSPS) is 18.8. The maximum absolute atomic E-state index is 12.7. The quantitative estimate of drug-likeness (QED) is 0.928. The van der Waals surface area contributed by atoms with Crippen molar-refractivity contribution in [2.45, 2.75) is 13.0 Å². The summed E-state index contributed by atoms with van der Waals surface area (Å²) in [7, 11) is 0. The van der Waals surface area contributed by atoms with Crippen molar-refractivity contribution in [1.82, 2.24) is 14.9 Å². The van der Waals surface area contributed by atoms with Crippen molar-refractivity contribution in [3.05, 3.63) is 52.6 Å². The van der Waals surface area contributed by atoms with Gasteiger partial charge in [0, 0.05) is 29.0 Å². The highest BCUT2D eigenvalue weighted by atomic mass is 35.5. The first-order valence-electron chi connectivity index (χ1n) is 6.81. The molecule has 0 bridgehead atoms. The van der Waals surface area contributed by atoms with E-state index in [-0.39, 0.29) is 11.9 Å². The van der Waals surface area contributed by atoms with Gasteiger partial charge in [-0.3, -0.25) is 4.79 Å². The lowest BCUT2D eigenvalue weighted by Crippen LogP contribution is -2.43. The molecule has 1 aliphatic heterocycles. The van der Waals surface area contributed by atoms with Crippen LogP contribution in [0.3, 0.4) is 0 Å². The number of H-pyrrole nitrogens is 1. The molecule has 0 unspecified atom stereocenters. The minimum Gasteiger partial charge on any atom is -0.377 e. The number of aryl methyl sites for hydroxylation is 1. The summed E-state index contributed by atoms with van der Waals surface area (Å²) in [5.74, 6) is 0.725. The number of hydrogen-bond donors (Lipinski definition) is 1. The molecule has 3 rings (SSSR count). The third kappa shape index (κ3) is 2.94. The minimum absolute atomic E-state index is 0.0333. The summed E-state index contributed by atoms with van der Waals surface area (Å²) in [4.78, 5) is 22.0. The summed E-state index contributed by atoms with van der Waals surface area (Å²) in [6.07, 6.45) is 1.76. The number of carbonyl (C=O) groups is 1. The van der Waals surface area contributed by atoms with Gasteiger partial charge < -0.3 is 14.6 Å². The van der Waals surface area contributed by atoms with Crippen LogP contribution in [0.2, 0.25) is 5.02 Å². The molecule has 0 spiro atoms. The van der Waals surface area contributed by atoms with Gasteiger partial charge in [-0.2, -0.15) is 0 Å². The van der Waals surface area contributed by atoms with Crippen molar-refractivity contribution in [3.8, 4) is 0 Å². The number of nitrogens with one attached hydrogen (secondary N) is 1. The van der Waals surface area contributed by atoms with E-state index >= 15 is 0 Å². The second-order valence-corrected chi connectivity index (χ2v) is 5.48. The lowest BCUT2D eigenvalue weighted by molar-refractivity contribution is -0.00500. The van der Waals surface area contributed by atoms with Crippen molar-refractivity contribution in [3.63, 3.8) is 0 Å². The van der Waals surface area contributed by atoms with Crippen LogP contribution in [0.1, 0.15) is 27.9 Å². The smallest absolute Gasteiger partial charge is 0.254 e. The zero-order valence-corrected chi connectivity index (χ0v) is 12.4. The van der Waals surface area contributed by atoms with E-state index in [1.165, 1.54) is 0 Å². The van der Waals surface area contributed by atoms with Crippen LogP contribution >= 0.6 is 11.6 Å². The molecule has 1 aliphatic rings. The number of morpholine rings is 1. The maximum atomic E-state index is 12.7. The Labute approximate surface area is 127 Å². The summed E-state index contributed by atoms with van der Waals surface area (Å²) in [6.45, 7) is 3.47. The average molecular weight is 306 g/mol. The molecule has 1 aromatic carbocycles. The standard InChI is InChI=1S/C15H16ClN3O2/c1-10-8-17-14(18-10)13-9-21-7-6-19(13)15(20)11-2-4-12(16)5-3-11/h2-5,8,13H,6-7,9H2,1H3,(H,17,18)/t13-/m0/s1. The van der Waals surface area contributed by atoms with E-state index in [1.54, 1.807) is 35.4 Å². The molecule has 110 valence electrons. The number of hydrogen-bond acceptors (Lipinski definition) is 3. The van der Waals surface area contributed by atoms with Gasteiger partial charge in [0.25, 0.3) is 5.91 Å². The molecule has 0 radical (unpaired) electrons. The van der Waals surface area contributed by atoms with E-state index in [2.05, 4.69) is 9.97 Å². The van der Waals surface area contributed by atoms with Crippen molar-refractivity contribution < 1.29 is 9.53 Å². The van der Waals surface area contributed by atoms with E-state index < -0.39 is 0 Å². The maximum Gasteiger partial charge on any atom is 0.254 e. The predicted octanol–water partition coefficient (Wildman–Crippen LogP) is 2.59. The van der Waals surface area contributed by atoms with Crippen LogP contribution in [-0.2, 0) is 4.74 Å². The van der Waals surface area contributed by atoms with E-state index in [9.17, 15) is 4.79 Å². The van der Waals surface area contributed by atoms with Gasteiger partial charge in [-0.05, 0) is 31.2 Å². The highest BCUT2D eigenvalue weighted by Gasteiger charge is 2.31. The molecule has 0 aliphatic carbocycles. The minimum atomic E-state index is -0.185. The van der Waals surface area contributed by atoms with Gasteiger partial charge in [0.05, 0.1) is 13.2 Å². The van der Waals surface area contributed by atoms with Crippen LogP contribution in [0.15, 0.2) is 30.5 Å². The zero-order chi connectivity index (χ0) is 14.8. The molecule has 1 fully saturated rings. The highest BCUT2D eigenvalue weighted by Crippen LogP contribution is 2.24. The second-order valence-electron chi connectivity index (χ2n) is 5.05. The van der Waals surface area contributed by atoms with Gasteiger partial charge in [-0.25, -0.2) is 4.98 Å². The topological polar surface area (TPSA) is 58.2 Å². The van der Waals surface area contributed by atoms with Crippen molar-refractivity contribution >= 4 is 17.5 Å². The first-order chi connectivity index (χ1) is 10.1. The third-order valence-electron chi connectivity index (χ3n) is 3.52. The number of amides is 1. The van der Waals surface area contributed by atoms with Gasteiger partial charge in [0.2, 0.25) is 0 Å². The summed E-state index contributed by atoms with van der Waals surface area (Å²) in [5.41, 5.74) is 1.59. The zero-order valence-electron chi connectivity index (χ0n) is 11.7.